The average Bonchev–Trinajstić information content (AvgIpc) is 2.00. The van der Waals surface area contributed by atoms with Crippen molar-refractivity contribution in [2.45, 2.75) is 32.0 Å². The molecule has 0 aromatic heterocycles. The van der Waals surface area contributed by atoms with E-state index in [1.54, 1.807) is 12.0 Å². The summed E-state index contributed by atoms with van der Waals surface area (Å²) in [4.78, 5) is 13.2. The van der Waals surface area contributed by atoms with Crippen LogP contribution in [0.4, 0.5) is 4.79 Å². The van der Waals surface area contributed by atoms with Crippen LogP contribution >= 0.6 is 15.9 Å². The van der Waals surface area contributed by atoms with Crippen LogP contribution < -0.4 is 0 Å². The van der Waals surface area contributed by atoms with Crippen LogP contribution in [0.25, 0.3) is 0 Å². The Morgan fingerprint density at radius 1 is 1.47 bits per heavy atom. The molecule has 1 fully saturated rings. The molecule has 0 aliphatic carbocycles. The summed E-state index contributed by atoms with van der Waals surface area (Å²) in [6.45, 7) is 6.75. The third-order valence-corrected chi connectivity index (χ3v) is 3.31. The highest BCUT2D eigenvalue weighted by Crippen LogP contribution is 2.28. The van der Waals surface area contributed by atoms with Crippen LogP contribution in [0.5, 0.6) is 0 Å². The van der Waals surface area contributed by atoms with E-state index in [1.165, 1.54) is 0 Å². The zero-order chi connectivity index (χ0) is 11.7. The third-order valence-electron chi connectivity index (χ3n) is 2.29. The lowest BCUT2D eigenvalue weighted by atomic mass is 9.97. The van der Waals surface area contributed by atoms with Gasteiger partial charge in [0.1, 0.15) is 11.2 Å². The Labute approximate surface area is 99.0 Å². The normalized spacial score (nSPS) is 19.7. The zero-order valence-electron chi connectivity index (χ0n) is 9.67. The summed E-state index contributed by atoms with van der Waals surface area (Å²) in [6.07, 6.45) is -0.267. The second-order valence-electron chi connectivity index (χ2n) is 4.86. The fourth-order valence-electron chi connectivity index (χ4n) is 1.37. The minimum absolute atomic E-state index is 0.225. The van der Waals surface area contributed by atoms with Crippen LogP contribution in [-0.2, 0) is 9.47 Å². The molecule has 1 heterocycles. The van der Waals surface area contributed by atoms with Crippen molar-refractivity contribution in [3.05, 3.63) is 0 Å². The predicted octanol–water partition coefficient (Wildman–Crippen LogP) is 2.02. The average molecular weight is 280 g/mol. The van der Waals surface area contributed by atoms with Gasteiger partial charge in [-0.25, -0.2) is 4.79 Å². The first-order valence-electron chi connectivity index (χ1n) is 4.91. The highest BCUT2D eigenvalue weighted by molar-refractivity contribution is 9.09. The number of likely N-dealkylation sites (tertiary alicyclic amines) is 1. The minimum Gasteiger partial charge on any atom is -0.444 e. The van der Waals surface area contributed by atoms with Gasteiger partial charge in [-0.05, 0) is 20.8 Å². The largest absolute Gasteiger partial charge is 0.444 e. The van der Waals surface area contributed by atoms with Gasteiger partial charge in [-0.3, -0.25) is 0 Å². The van der Waals surface area contributed by atoms with Crippen molar-refractivity contribution < 1.29 is 14.3 Å². The highest BCUT2D eigenvalue weighted by Gasteiger charge is 2.46. The van der Waals surface area contributed by atoms with E-state index in [0.29, 0.717) is 13.1 Å². The maximum Gasteiger partial charge on any atom is 0.410 e. The summed E-state index contributed by atoms with van der Waals surface area (Å²) >= 11 is 3.38. The van der Waals surface area contributed by atoms with Gasteiger partial charge in [0, 0.05) is 12.4 Å². The molecule has 4 nitrogen and oxygen atoms in total. The zero-order valence-corrected chi connectivity index (χ0v) is 11.3. The van der Waals surface area contributed by atoms with Crippen LogP contribution in [0.3, 0.4) is 0 Å². The predicted molar refractivity (Wildman–Crippen MR) is 61.3 cm³/mol. The van der Waals surface area contributed by atoms with E-state index in [2.05, 4.69) is 15.9 Å². The summed E-state index contributed by atoms with van der Waals surface area (Å²) in [7, 11) is 1.66. The number of rotatable bonds is 2. The molecule has 1 aliphatic rings. The number of hydrogen-bond donors (Lipinski definition) is 0. The van der Waals surface area contributed by atoms with Gasteiger partial charge in [0.05, 0.1) is 13.1 Å². The van der Waals surface area contributed by atoms with E-state index >= 15 is 0 Å². The maximum absolute atomic E-state index is 11.6. The van der Waals surface area contributed by atoms with Crippen LogP contribution in [0.1, 0.15) is 20.8 Å². The summed E-state index contributed by atoms with van der Waals surface area (Å²) in [5.41, 5.74) is -0.659. The van der Waals surface area contributed by atoms with E-state index in [1.807, 2.05) is 20.8 Å². The van der Waals surface area contributed by atoms with Crippen molar-refractivity contribution in [2.24, 2.45) is 0 Å². The lowest BCUT2D eigenvalue weighted by Gasteiger charge is -2.47. The van der Waals surface area contributed by atoms with Gasteiger partial charge in [-0.1, -0.05) is 15.9 Å². The first-order valence-corrected chi connectivity index (χ1v) is 6.03. The van der Waals surface area contributed by atoms with Crippen molar-refractivity contribution in [1.29, 1.82) is 0 Å². The molecule has 1 saturated heterocycles. The maximum atomic E-state index is 11.6. The Bertz CT molecular complexity index is 238. The molecule has 1 aliphatic heterocycles. The van der Waals surface area contributed by atoms with Gasteiger partial charge < -0.3 is 14.4 Å². The summed E-state index contributed by atoms with van der Waals surface area (Å²) in [5, 5.41) is 0.732. The van der Waals surface area contributed by atoms with Crippen LogP contribution in [0.2, 0.25) is 0 Å². The molecule has 0 aromatic rings. The van der Waals surface area contributed by atoms with Gasteiger partial charge >= 0.3 is 6.09 Å². The number of alkyl halides is 1. The smallest absolute Gasteiger partial charge is 0.410 e. The lowest BCUT2D eigenvalue weighted by molar-refractivity contribution is -0.105. The minimum atomic E-state index is -0.434. The second-order valence-corrected chi connectivity index (χ2v) is 5.42. The van der Waals surface area contributed by atoms with Crippen molar-refractivity contribution in [3.8, 4) is 0 Å². The van der Waals surface area contributed by atoms with E-state index in [-0.39, 0.29) is 11.7 Å². The van der Waals surface area contributed by atoms with Crippen LogP contribution in [-0.4, -0.2) is 47.7 Å². The molecule has 0 saturated carbocycles. The molecule has 0 spiro atoms. The summed E-state index contributed by atoms with van der Waals surface area (Å²) in [5.74, 6) is 0. The molecule has 0 bridgehead atoms. The monoisotopic (exact) mass is 279 g/mol. The number of amides is 1. The number of ether oxygens (including phenoxy) is 2. The van der Waals surface area contributed by atoms with E-state index in [0.717, 1.165) is 5.33 Å². The molecule has 15 heavy (non-hydrogen) atoms. The first kappa shape index (κ1) is 12.8. The molecule has 0 unspecified atom stereocenters. The van der Waals surface area contributed by atoms with Crippen LogP contribution in [0.15, 0.2) is 0 Å². The van der Waals surface area contributed by atoms with E-state index in [4.69, 9.17) is 9.47 Å². The number of hydrogen-bond acceptors (Lipinski definition) is 3. The number of methoxy groups -OCH3 is 1. The molecule has 1 amide bonds. The number of carbonyl (C=O) groups excluding carboxylic acids is 1. The van der Waals surface area contributed by atoms with Crippen molar-refractivity contribution >= 4 is 22.0 Å². The van der Waals surface area contributed by atoms with Gasteiger partial charge in [0.25, 0.3) is 0 Å². The Balaban J connectivity index is 2.42. The number of halogens is 1. The molecule has 0 N–H and O–H groups in total. The van der Waals surface area contributed by atoms with Crippen molar-refractivity contribution in [2.75, 3.05) is 25.5 Å². The standard InChI is InChI=1S/C10H18BrNO3/c1-9(2,3)15-8(13)12-6-10(5-11,7-12)14-4/h5-7H2,1-4H3. The molecule has 5 heteroatoms. The van der Waals surface area contributed by atoms with Gasteiger partial charge in [0.15, 0.2) is 0 Å². The van der Waals surface area contributed by atoms with E-state index < -0.39 is 5.60 Å². The van der Waals surface area contributed by atoms with Gasteiger partial charge in [-0.2, -0.15) is 0 Å². The van der Waals surface area contributed by atoms with Crippen molar-refractivity contribution in [1.82, 2.24) is 4.90 Å². The second kappa shape index (κ2) is 4.29. The number of carbonyl (C=O) groups is 1. The Morgan fingerprint density at radius 3 is 2.33 bits per heavy atom. The molecular weight excluding hydrogens is 262 g/mol. The quantitative estimate of drug-likeness (QED) is 0.726. The Morgan fingerprint density at radius 2 is 2.00 bits per heavy atom. The molecule has 0 aromatic carbocycles. The molecular formula is C10H18BrNO3. The fraction of sp³-hybridized carbons (Fsp3) is 0.900. The Kier molecular flexibility index (Phi) is 3.66. The SMILES string of the molecule is COC1(CBr)CN(C(=O)OC(C)(C)C)C1. The third kappa shape index (κ3) is 3.08. The molecule has 88 valence electrons. The van der Waals surface area contributed by atoms with E-state index in [9.17, 15) is 4.79 Å². The molecule has 1 rings (SSSR count). The van der Waals surface area contributed by atoms with Gasteiger partial charge in [0.2, 0.25) is 0 Å². The van der Waals surface area contributed by atoms with Gasteiger partial charge in [-0.15, -0.1) is 0 Å². The Hall–Kier alpha value is -0.290. The topological polar surface area (TPSA) is 38.8 Å². The fourth-order valence-corrected chi connectivity index (χ4v) is 1.96. The number of nitrogens with zero attached hydrogens (tertiary/aromatic N) is 1. The molecule has 0 atom stereocenters. The first-order chi connectivity index (χ1) is 6.82. The molecule has 0 radical (unpaired) electrons. The van der Waals surface area contributed by atoms with Crippen molar-refractivity contribution in [3.63, 3.8) is 0 Å². The summed E-state index contributed by atoms with van der Waals surface area (Å²) in [6, 6.07) is 0. The van der Waals surface area contributed by atoms with Crippen LogP contribution in [0, 0.1) is 0 Å². The summed E-state index contributed by atoms with van der Waals surface area (Å²) < 4.78 is 10.6. The lowest BCUT2D eigenvalue weighted by Crippen LogP contribution is -2.66. The highest BCUT2D eigenvalue weighted by atomic mass is 79.9.